The van der Waals surface area contributed by atoms with E-state index in [0.717, 1.165) is 4.90 Å². The van der Waals surface area contributed by atoms with Gasteiger partial charge in [0.1, 0.15) is 6.54 Å². The summed E-state index contributed by atoms with van der Waals surface area (Å²) in [5.74, 6) is -1.96. The summed E-state index contributed by atoms with van der Waals surface area (Å²) in [6, 6.07) is 2.61. The van der Waals surface area contributed by atoms with Crippen LogP contribution in [0, 0.1) is 0 Å². The predicted octanol–water partition coefficient (Wildman–Crippen LogP) is 1.07. The van der Waals surface area contributed by atoms with E-state index in [9.17, 15) is 14.4 Å². The number of fused-ring (bicyclic) bond motifs is 1. The minimum absolute atomic E-state index is 0.130. The molecule has 0 saturated heterocycles. The van der Waals surface area contributed by atoms with Crippen LogP contribution in [0.1, 0.15) is 20.7 Å². The standard InChI is InChI=1S/C10H6Cl2N2O3/c11-6-1-4-5(2-7(6)12)10(17)14(9(4)16)3-8(13)15/h1-2H,3H2,(H2,13,15). The Kier molecular flexibility index (Phi) is 2.81. The molecule has 0 fully saturated rings. The van der Waals surface area contributed by atoms with Gasteiger partial charge in [-0.1, -0.05) is 23.2 Å². The molecule has 3 amide bonds. The van der Waals surface area contributed by atoms with Crippen molar-refractivity contribution in [1.29, 1.82) is 0 Å². The minimum atomic E-state index is -0.767. The lowest BCUT2D eigenvalue weighted by atomic mass is 10.1. The number of primary amides is 1. The number of rotatable bonds is 2. The Morgan fingerprint density at radius 3 is 1.88 bits per heavy atom. The van der Waals surface area contributed by atoms with Gasteiger partial charge in [0.2, 0.25) is 5.91 Å². The van der Waals surface area contributed by atoms with Crippen LogP contribution in [0.25, 0.3) is 0 Å². The molecule has 0 radical (unpaired) electrons. The van der Waals surface area contributed by atoms with Crippen LogP contribution in [0.2, 0.25) is 10.0 Å². The zero-order valence-electron chi connectivity index (χ0n) is 8.37. The maximum Gasteiger partial charge on any atom is 0.262 e. The molecule has 0 saturated carbocycles. The van der Waals surface area contributed by atoms with Gasteiger partial charge in [-0.15, -0.1) is 0 Å². The van der Waals surface area contributed by atoms with Crippen LogP contribution < -0.4 is 5.73 Å². The van der Waals surface area contributed by atoms with Crippen molar-refractivity contribution in [3.63, 3.8) is 0 Å². The van der Waals surface area contributed by atoms with Gasteiger partial charge in [-0.25, -0.2) is 0 Å². The van der Waals surface area contributed by atoms with Crippen LogP contribution in [-0.4, -0.2) is 29.2 Å². The van der Waals surface area contributed by atoms with Crippen molar-refractivity contribution in [3.8, 4) is 0 Å². The molecule has 5 nitrogen and oxygen atoms in total. The van der Waals surface area contributed by atoms with Gasteiger partial charge >= 0.3 is 0 Å². The number of nitrogens with two attached hydrogens (primary N) is 1. The number of hydrogen-bond donors (Lipinski definition) is 1. The lowest BCUT2D eigenvalue weighted by Gasteiger charge is -2.10. The van der Waals surface area contributed by atoms with E-state index in [2.05, 4.69) is 0 Å². The molecule has 0 unspecified atom stereocenters. The quantitative estimate of drug-likeness (QED) is 0.818. The average Bonchev–Trinajstić information content (AvgIpc) is 2.45. The second kappa shape index (κ2) is 4.01. The molecule has 0 bridgehead atoms. The summed E-state index contributed by atoms with van der Waals surface area (Å²) in [4.78, 5) is 35.1. The predicted molar refractivity (Wildman–Crippen MR) is 61.0 cm³/mol. The van der Waals surface area contributed by atoms with Crippen LogP contribution >= 0.6 is 23.2 Å². The fourth-order valence-electron chi connectivity index (χ4n) is 1.58. The third kappa shape index (κ3) is 1.87. The SMILES string of the molecule is NC(=O)CN1C(=O)c2cc(Cl)c(Cl)cc2C1=O. The van der Waals surface area contributed by atoms with Crippen LogP contribution in [0.15, 0.2) is 12.1 Å². The lowest BCUT2D eigenvalue weighted by Crippen LogP contribution is -2.37. The van der Waals surface area contributed by atoms with E-state index in [1.54, 1.807) is 0 Å². The Morgan fingerprint density at radius 1 is 1.12 bits per heavy atom. The summed E-state index contributed by atoms with van der Waals surface area (Å²) in [6.45, 7) is -0.457. The van der Waals surface area contributed by atoms with Gasteiger partial charge in [0.15, 0.2) is 0 Å². The van der Waals surface area contributed by atoms with Gasteiger partial charge < -0.3 is 5.73 Å². The van der Waals surface area contributed by atoms with Gasteiger partial charge in [-0.2, -0.15) is 0 Å². The van der Waals surface area contributed by atoms with Crippen molar-refractivity contribution in [2.75, 3.05) is 6.54 Å². The second-order valence-corrected chi connectivity index (χ2v) is 4.29. The highest BCUT2D eigenvalue weighted by Crippen LogP contribution is 2.31. The number of benzene rings is 1. The number of carbonyl (C=O) groups is 3. The first-order chi connectivity index (χ1) is 7.91. The molecular formula is C10H6Cl2N2O3. The number of halogens is 2. The van der Waals surface area contributed by atoms with Crippen molar-refractivity contribution in [2.24, 2.45) is 5.73 Å². The van der Waals surface area contributed by atoms with Gasteiger partial charge in [-0.05, 0) is 12.1 Å². The fraction of sp³-hybridized carbons (Fsp3) is 0.100. The number of imide groups is 1. The first kappa shape index (κ1) is 11.9. The molecule has 1 heterocycles. The van der Waals surface area contributed by atoms with Crippen LogP contribution in [-0.2, 0) is 4.79 Å². The molecule has 1 aromatic rings. The Morgan fingerprint density at radius 2 is 1.53 bits per heavy atom. The second-order valence-electron chi connectivity index (χ2n) is 3.47. The molecule has 88 valence electrons. The normalized spacial score (nSPS) is 14.1. The maximum absolute atomic E-state index is 11.8. The number of amides is 3. The average molecular weight is 273 g/mol. The summed E-state index contributed by atoms with van der Waals surface area (Å²) in [6.07, 6.45) is 0. The molecule has 17 heavy (non-hydrogen) atoms. The van der Waals surface area contributed by atoms with E-state index < -0.39 is 24.3 Å². The fourth-order valence-corrected chi connectivity index (χ4v) is 1.91. The van der Waals surface area contributed by atoms with Crippen molar-refractivity contribution >= 4 is 40.9 Å². The van der Waals surface area contributed by atoms with Gasteiger partial charge in [0.05, 0.1) is 21.2 Å². The van der Waals surface area contributed by atoms with Gasteiger partial charge in [0, 0.05) is 0 Å². The Hall–Kier alpha value is -1.59. The molecule has 0 aromatic heterocycles. The topological polar surface area (TPSA) is 80.5 Å². The number of hydrogen-bond acceptors (Lipinski definition) is 3. The molecule has 1 aliphatic heterocycles. The van der Waals surface area contributed by atoms with E-state index in [0.29, 0.717) is 0 Å². The summed E-state index contributed by atoms with van der Waals surface area (Å²) in [7, 11) is 0. The first-order valence-electron chi connectivity index (χ1n) is 4.55. The third-order valence-electron chi connectivity index (χ3n) is 2.33. The summed E-state index contributed by atoms with van der Waals surface area (Å²) < 4.78 is 0. The molecule has 0 spiro atoms. The smallest absolute Gasteiger partial charge is 0.262 e. The molecule has 2 rings (SSSR count). The molecule has 1 aliphatic rings. The van der Waals surface area contributed by atoms with Crippen molar-refractivity contribution < 1.29 is 14.4 Å². The first-order valence-corrected chi connectivity index (χ1v) is 5.31. The van der Waals surface area contributed by atoms with Crippen molar-refractivity contribution in [1.82, 2.24) is 4.90 Å². The maximum atomic E-state index is 11.8. The third-order valence-corrected chi connectivity index (χ3v) is 3.05. The van der Waals surface area contributed by atoms with E-state index >= 15 is 0 Å². The van der Waals surface area contributed by atoms with Crippen LogP contribution in [0.5, 0.6) is 0 Å². The van der Waals surface area contributed by atoms with Crippen molar-refractivity contribution in [2.45, 2.75) is 0 Å². The Balaban J connectivity index is 2.49. The molecule has 2 N–H and O–H groups in total. The Bertz CT molecular complexity index is 516. The van der Waals surface area contributed by atoms with E-state index in [1.165, 1.54) is 12.1 Å². The summed E-state index contributed by atoms with van der Waals surface area (Å²) >= 11 is 11.5. The molecule has 0 atom stereocenters. The minimum Gasteiger partial charge on any atom is -0.368 e. The van der Waals surface area contributed by atoms with Crippen LogP contribution in [0.4, 0.5) is 0 Å². The molecule has 7 heteroatoms. The van der Waals surface area contributed by atoms with E-state index in [4.69, 9.17) is 28.9 Å². The zero-order chi connectivity index (χ0) is 12.7. The monoisotopic (exact) mass is 272 g/mol. The highest BCUT2D eigenvalue weighted by atomic mass is 35.5. The zero-order valence-corrected chi connectivity index (χ0v) is 9.88. The molecular weight excluding hydrogens is 267 g/mol. The van der Waals surface area contributed by atoms with E-state index in [-0.39, 0.29) is 21.2 Å². The molecule has 0 aliphatic carbocycles. The Labute approximate surface area is 106 Å². The highest BCUT2D eigenvalue weighted by molar-refractivity contribution is 6.43. The van der Waals surface area contributed by atoms with Crippen LogP contribution in [0.3, 0.4) is 0 Å². The summed E-state index contributed by atoms with van der Waals surface area (Å²) in [5, 5.41) is 0.347. The molecule has 1 aromatic carbocycles. The number of carbonyl (C=O) groups excluding carboxylic acids is 3. The number of nitrogens with zero attached hydrogens (tertiary/aromatic N) is 1. The largest absolute Gasteiger partial charge is 0.368 e. The van der Waals surface area contributed by atoms with E-state index in [1.807, 2.05) is 0 Å². The lowest BCUT2D eigenvalue weighted by molar-refractivity contribution is -0.118. The van der Waals surface area contributed by atoms with Gasteiger partial charge in [0.25, 0.3) is 11.8 Å². The van der Waals surface area contributed by atoms with Gasteiger partial charge in [-0.3, -0.25) is 19.3 Å². The summed E-state index contributed by atoms with van der Waals surface area (Å²) in [5.41, 5.74) is 5.21. The van der Waals surface area contributed by atoms with Crippen molar-refractivity contribution in [3.05, 3.63) is 33.3 Å². The highest BCUT2D eigenvalue weighted by Gasteiger charge is 2.36.